The molecule has 0 saturated carbocycles. The number of rotatable bonds is 9. The van der Waals surface area contributed by atoms with Crippen molar-refractivity contribution in [2.24, 2.45) is 0 Å². The van der Waals surface area contributed by atoms with Gasteiger partial charge in [-0.25, -0.2) is 0 Å². The molecule has 10 nitrogen and oxygen atoms in total. The van der Waals surface area contributed by atoms with Crippen molar-refractivity contribution in [3.8, 4) is 11.4 Å². The van der Waals surface area contributed by atoms with Crippen LogP contribution in [0.1, 0.15) is 11.1 Å². The Bertz CT molecular complexity index is 1540. The summed E-state index contributed by atoms with van der Waals surface area (Å²) >= 11 is 0. The summed E-state index contributed by atoms with van der Waals surface area (Å²) in [6.07, 6.45) is 0. The number of nitrogens with zero attached hydrogens (tertiary/aromatic N) is 5. The van der Waals surface area contributed by atoms with E-state index in [1.807, 2.05) is 30.3 Å². The minimum Gasteiger partial charge on any atom is -0.468 e. The average Bonchev–Trinajstić information content (AvgIpc) is 3.56. The summed E-state index contributed by atoms with van der Waals surface area (Å²) in [6.45, 7) is 1.03. The van der Waals surface area contributed by atoms with Gasteiger partial charge >= 0.3 is 11.9 Å². The molecule has 0 aliphatic rings. The highest BCUT2D eigenvalue weighted by Gasteiger charge is 2.17. The van der Waals surface area contributed by atoms with Crippen LogP contribution in [-0.4, -0.2) is 69.3 Å². The highest BCUT2D eigenvalue weighted by atomic mass is 16.5. The van der Waals surface area contributed by atoms with E-state index in [0.717, 1.165) is 38.5 Å². The van der Waals surface area contributed by atoms with E-state index in [4.69, 9.17) is 9.47 Å². The van der Waals surface area contributed by atoms with Crippen LogP contribution in [0.2, 0.25) is 0 Å². The molecule has 2 aromatic heterocycles. The molecule has 0 amide bonds. The molecule has 0 fully saturated rings. The second kappa shape index (κ2) is 10.6. The lowest BCUT2D eigenvalue weighted by molar-refractivity contribution is -0.145. The summed E-state index contributed by atoms with van der Waals surface area (Å²) < 4.78 is 11.9. The summed E-state index contributed by atoms with van der Waals surface area (Å²) in [7, 11) is 2.66. The van der Waals surface area contributed by atoms with E-state index in [9.17, 15) is 9.59 Å². The Morgan fingerprint density at radius 3 is 2.32 bits per heavy atom. The number of aromatic amines is 1. The smallest absolute Gasteiger partial charge is 0.319 e. The summed E-state index contributed by atoms with van der Waals surface area (Å²) in [4.78, 5) is 25.5. The molecule has 0 atom stereocenters. The highest BCUT2D eigenvalue weighted by Crippen LogP contribution is 2.32. The zero-order chi connectivity index (χ0) is 25.8. The van der Waals surface area contributed by atoms with Crippen molar-refractivity contribution in [2.45, 2.75) is 13.1 Å². The van der Waals surface area contributed by atoms with Crippen LogP contribution in [0, 0.1) is 0 Å². The standard InChI is InChI=1S/C27H26N6O4/c1-36-25(34)16-32(17-26(35)37-2)14-18-6-5-7-19(12-18)15-33-23-9-4-3-8-21(23)22-13-20(10-11-24(22)33)27-28-30-31-29-27/h3-13H,14-17H2,1-2H3,(H,28,29,30,31). The van der Waals surface area contributed by atoms with E-state index in [1.54, 1.807) is 4.90 Å². The van der Waals surface area contributed by atoms with Crippen LogP contribution in [0.5, 0.6) is 0 Å². The summed E-state index contributed by atoms with van der Waals surface area (Å²) in [6, 6.07) is 22.6. The maximum atomic E-state index is 11.9. The van der Waals surface area contributed by atoms with Crippen molar-refractivity contribution in [1.29, 1.82) is 0 Å². The van der Waals surface area contributed by atoms with Crippen molar-refractivity contribution < 1.29 is 19.1 Å². The van der Waals surface area contributed by atoms with Crippen LogP contribution < -0.4 is 0 Å². The second-order valence-electron chi connectivity index (χ2n) is 8.69. The van der Waals surface area contributed by atoms with Crippen LogP contribution in [0.3, 0.4) is 0 Å². The van der Waals surface area contributed by atoms with Crippen LogP contribution in [0.25, 0.3) is 33.2 Å². The number of ether oxygens (including phenoxy) is 2. The predicted octanol–water partition coefficient (Wildman–Crippen LogP) is 3.17. The number of para-hydroxylation sites is 1. The Labute approximate surface area is 212 Å². The fourth-order valence-corrected chi connectivity index (χ4v) is 4.58. The number of carbonyl (C=O) groups is 2. The molecule has 5 aromatic rings. The van der Waals surface area contributed by atoms with Gasteiger partial charge in [0.05, 0.1) is 27.3 Å². The molecule has 0 radical (unpaired) electrons. The second-order valence-corrected chi connectivity index (χ2v) is 8.69. The number of esters is 2. The first kappa shape index (κ1) is 24.1. The van der Waals surface area contributed by atoms with Crippen molar-refractivity contribution in [3.05, 3.63) is 77.9 Å². The largest absolute Gasteiger partial charge is 0.468 e. The first-order valence-electron chi connectivity index (χ1n) is 11.7. The lowest BCUT2D eigenvalue weighted by atomic mass is 10.1. The summed E-state index contributed by atoms with van der Waals surface area (Å²) in [5.41, 5.74) is 5.18. The molecular formula is C27H26N6O4. The third kappa shape index (κ3) is 5.19. The zero-order valence-electron chi connectivity index (χ0n) is 20.5. The highest BCUT2D eigenvalue weighted by molar-refractivity contribution is 6.09. The fraction of sp³-hybridized carbons (Fsp3) is 0.222. The average molecular weight is 499 g/mol. The van der Waals surface area contributed by atoms with Crippen LogP contribution in [0.4, 0.5) is 0 Å². The van der Waals surface area contributed by atoms with Crippen LogP contribution >= 0.6 is 0 Å². The molecule has 0 saturated heterocycles. The third-order valence-electron chi connectivity index (χ3n) is 6.27. The van der Waals surface area contributed by atoms with E-state index in [0.29, 0.717) is 18.9 Å². The minimum atomic E-state index is -0.412. The van der Waals surface area contributed by atoms with Crippen molar-refractivity contribution in [2.75, 3.05) is 27.3 Å². The maximum absolute atomic E-state index is 11.9. The third-order valence-corrected chi connectivity index (χ3v) is 6.27. The monoisotopic (exact) mass is 498 g/mol. The van der Waals surface area contributed by atoms with Gasteiger partial charge < -0.3 is 14.0 Å². The molecule has 0 aliphatic heterocycles. The number of benzene rings is 3. The van der Waals surface area contributed by atoms with Gasteiger partial charge in [-0.1, -0.05) is 42.5 Å². The molecular weight excluding hydrogens is 472 g/mol. The van der Waals surface area contributed by atoms with Gasteiger partial charge in [0.15, 0.2) is 0 Å². The molecule has 10 heteroatoms. The lowest BCUT2D eigenvalue weighted by Gasteiger charge is -2.20. The number of H-pyrrole nitrogens is 1. The van der Waals surface area contributed by atoms with Crippen molar-refractivity contribution >= 4 is 33.7 Å². The van der Waals surface area contributed by atoms with Gasteiger partial charge in [0, 0.05) is 40.5 Å². The molecule has 5 rings (SSSR count). The van der Waals surface area contributed by atoms with Crippen LogP contribution in [-0.2, 0) is 32.2 Å². The number of aromatic nitrogens is 5. The molecule has 3 aromatic carbocycles. The maximum Gasteiger partial charge on any atom is 0.319 e. The van der Waals surface area contributed by atoms with Gasteiger partial charge in [-0.3, -0.25) is 14.5 Å². The van der Waals surface area contributed by atoms with Gasteiger partial charge in [0.1, 0.15) is 0 Å². The van der Waals surface area contributed by atoms with E-state index in [2.05, 4.69) is 61.6 Å². The molecule has 37 heavy (non-hydrogen) atoms. The Morgan fingerprint density at radius 1 is 0.865 bits per heavy atom. The number of methoxy groups -OCH3 is 2. The summed E-state index contributed by atoms with van der Waals surface area (Å²) in [5, 5.41) is 16.7. The zero-order valence-corrected chi connectivity index (χ0v) is 20.5. The number of hydrogen-bond acceptors (Lipinski definition) is 8. The topological polar surface area (TPSA) is 115 Å². The van der Waals surface area contributed by atoms with Crippen molar-refractivity contribution in [1.82, 2.24) is 30.1 Å². The molecule has 0 unspecified atom stereocenters. The minimum absolute atomic E-state index is 0.00852. The van der Waals surface area contributed by atoms with E-state index >= 15 is 0 Å². The Balaban J connectivity index is 1.46. The normalized spacial score (nSPS) is 11.3. The van der Waals surface area contributed by atoms with Gasteiger partial charge in [0.2, 0.25) is 5.82 Å². The number of nitrogens with one attached hydrogen (secondary N) is 1. The molecule has 188 valence electrons. The Hall–Kier alpha value is -4.57. The number of tetrazole rings is 1. The first-order valence-corrected chi connectivity index (χ1v) is 11.7. The molecule has 0 bridgehead atoms. The van der Waals surface area contributed by atoms with E-state index in [-0.39, 0.29) is 13.1 Å². The SMILES string of the molecule is COC(=O)CN(CC(=O)OC)Cc1cccc(Cn2c3ccccc3c3cc(-c4nn[nH]n4)ccc32)c1. The molecule has 0 spiro atoms. The molecule has 0 aliphatic carbocycles. The lowest BCUT2D eigenvalue weighted by Crippen LogP contribution is -2.35. The Kier molecular flexibility index (Phi) is 6.91. The van der Waals surface area contributed by atoms with Gasteiger partial charge in [-0.15, -0.1) is 10.2 Å². The van der Waals surface area contributed by atoms with E-state index < -0.39 is 11.9 Å². The number of fused-ring (bicyclic) bond motifs is 3. The fourth-order valence-electron chi connectivity index (χ4n) is 4.58. The first-order chi connectivity index (χ1) is 18.1. The van der Waals surface area contributed by atoms with Gasteiger partial charge in [0.25, 0.3) is 0 Å². The molecule has 1 N–H and O–H groups in total. The number of carbonyl (C=O) groups excluding carboxylic acids is 2. The van der Waals surface area contributed by atoms with Crippen LogP contribution in [0.15, 0.2) is 66.7 Å². The Morgan fingerprint density at radius 2 is 1.59 bits per heavy atom. The van der Waals surface area contributed by atoms with E-state index in [1.165, 1.54) is 14.2 Å². The summed E-state index contributed by atoms with van der Waals surface area (Å²) in [5.74, 6) is -0.272. The number of hydrogen-bond donors (Lipinski definition) is 1. The predicted molar refractivity (Wildman–Crippen MR) is 137 cm³/mol. The van der Waals surface area contributed by atoms with Gasteiger partial charge in [-0.05, 0) is 40.6 Å². The van der Waals surface area contributed by atoms with Crippen molar-refractivity contribution in [3.63, 3.8) is 0 Å². The quantitative estimate of drug-likeness (QED) is 0.308. The molecule has 2 heterocycles. The van der Waals surface area contributed by atoms with Gasteiger partial charge in [-0.2, -0.15) is 5.21 Å².